The van der Waals surface area contributed by atoms with Crippen LogP contribution in [0.15, 0.2) is 64.9 Å². The molecule has 2 aliphatic heterocycles. The first-order valence-corrected chi connectivity index (χ1v) is 12.7. The molecule has 0 fully saturated rings. The van der Waals surface area contributed by atoms with Gasteiger partial charge in [-0.05, 0) is 35.1 Å². The number of phenols is 1. The Balaban J connectivity index is 1.72. The second kappa shape index (κ2) is 8.13. The van der Waals surface area contributed by atoms with Gasteiger partial charge >= 0.3 is 0 Å². The summed E-state index contributed by atoms with van der Waals surface area (Å²) in [6.45, 7) is 13.0. The van der Waals surface area contributed by atoms with E-state index in [9.17, 15) is 5.11 Å². The number of phenolic OH excluding ortho intramolecular Hbond substituents is 1. The molecule has 3 aromatic rings. The van der Waals surface area contributed by atoms with Gasteiger partial charge in [0.1, 0.15) is 16.8 Å². The van der Waals surface area contributed by atoms with Crippen LogP contribution in [0.5, 0.6) is 5.75 Å². The van der Waals surface area contributed by atoms with Crippen molar-refractivity contribution in [1.29, 1.82) is 0 Å². The lowest BCUT2D eigenvalue weighted by Crippen LogP contribution is -2.38. The van der Waals surface area contributed by atoms with Gasteiger partial charge in [0.05, 0.1) is 11.4 Å². The van der Waals surface area contributed by atoms with E-state index in [0.29, 0.717) is 0 Å². The summed E-state index contributed by atoms with van der Waals surface area (Å²) in [6.07, 6.45) is 11.7. The number of aliphatic imine (C=N–C) groups is 2. The Morgan fingerprint density at radius 2 is 1.08 bits per heavy atom. The molecule has 0 spiro atoms. The summed E-state index contributed by atoms with van der Waals surface area (Å²) in [4.78, 5) is 10.2. The third kappa shape index (κ3) is 3.63. The maximum atomic E-state index is 12.1. The summed E-state index contributed by atoms with van der Waals surface area (Å²) < 4.78 is 3.69. The first-order chi connectivity index (χ1) is 17.3. The molecule has 0 saturated heterocycles. The Morgan fingerprint density at radius 1 is 0.676 bits per heavy atom. The number of benzene rings is 1. The number of hydrogen-bond donors (Lipinski definition) is 1. The molecule has 0 aliphatic carbocycles. The number of para-hydroxylation sites is 1. The van der Waals surface area contributed by atoms with Crippen molar-refractivity contribution in [2.24, 2.45) is 34.9 Å². The van der Waals surface area contributed by atoms with Gasteiger partial charge in [0.2, 0.25) is 0 Å². The predicted octanol–water partition coefficient (Wildman–Crippen LogP) is 5.68. The van der Waals surface area contributed by atoms with Crippen LogP contribution in [0.1, 0.15) is 64.1 Å². The molecule has 7 nitrogen and oxygen atoms in total. The lowest BCUT2D eigenvalue weighted by atomic mass is 9.66. The number of aromatic hydroxyl groups is 1. The van der Waals surface area contributed by atoms with Gasteiger partial charge in [-0.2, -0.15) is 10.2 Å². The van der Waals surface area contributed by atoms with Crippen molar-refractivity contribution < 1.29 is 5.11 Å². The second-order valence-electron chi connectivity index (χ2n) is 12.1. The predicted molar refractivity (Wildman–Crippen MR) is 150 cm³/mol. The van der Waals surface area contributed by atoms with E-state index in [1.807, 2.05) is 66.2 Å². The largest absolute Gasteiger partial charge is 0.507 e. The van der Waals surface area contributed by atoms with Crippen LogP contribution in [-0.2, 0) is 25.2 Å². The summed E-state index contributed by atoms with van der Waals surface area (Å²) in [5, 5.41) is 20.7. The molecule has 2 unspecified atom stereocenters. The molecule has 2 aromatic heterocycles. The van der Waals surface area contributed by atoms with Gasteiger partial charge in [-0.25, -0.2) is 0 Å². The number of rotatable bonds is 4. The minimum Gasteiger partial charge on any atom is -0.507 e. The fraction of sp³-hybridized carbons (Fsp3) is 0.400. The van der Waals surface area contributed by atoms with Crippen LogP contribution in [0, 0.1) is 10.8 Å². The molecule has 0 amide bonds. The minimum atomic E-state index is -0.761. The molecule has 37 heavy (non-hydrogen) atoms. The fourth-order valence-electron chi connectivity index (χ4n) is 5.62. The minimum absolute atomic E-state index is 0.228. The van der Waals surface area contributed by atoms with Gasteiger partial charge < -0.3 is 5.11 Å². The van der Waals surface area contributed by atoms with Gasteiger partial charge in [-0.1, -0.05) is 59.7 Å². The highest BCUT2D eigenvalue weighted by Gasteiger charge is 2.50. The number of aryl methyl sites for hydroxylation is 2. The average molecular weight is 497 g/mol. The zero-order chi connectivity index (χ0) is 26.8. The summed E-state index contributed by atoms with van der Waals surface area (Å²) in [5.74, 6) is 0.228. The number of nitrogens with zero attached hydrogens (tertiary/aromatic N) is 6. The molecule has 2 atom stereocenters. The topological polar surface area (TPSA) is 80.6 Å². The second-order valence-corrected chi connectivity index (χ2v) is 12.1. The Bertz CT molecular complexity index is 1380. The molecule has 0 saturated carbocycles. The van der Waals surface area contributed by atoms with Crippen LogP contribution < -0.4 is 0 Å². The zero-order valence-corrected chi connectivity index (χ0v) is 23.0. The van der Waals surface area contributed by atoms with Crippen molar-refractivity contribution in [3.8, 4) is 5.75 Å². The standard InChI is InChI=1S/C30H36N6O/c1-27(2,3)29(16-20(18-31-29)24-12-14-33-35(24)7)22-10-9-11-23(26(22)37)30(28(4,5)6)17-21(19-32-30)25-13-15-34-36(25)8/h9-19,37H,1-8H3. The highest BCUT2D eigenvalue weighted by Crippen LogP contribution is 2.56. The first kappa shape index (κ1) is 24.9. The molecule has 7 heteroatoms. The van der Waals surface area contributed by atoms with Gasteiger partial charge in [0.25, 0.3) is 0 Å². The maximum Gasteiger partial charge on any atom is 0.127 e. The monoisotopic (exact) mass is 496 g/mol. The van der Waals surface area contributed by atoms with E-state index in [1.165, 1.54) is 0 Å². The average Bonchev–Trinajstić information content (AvgIpc) is 3.58. The van der Waals surface area contributed by atoms with Crippen molar-refractivity contribution in [1.82, 2.24) is 19.6 Å². The van der Waals surface area contributed by atoms with Crippen molar-refractivity contribution >= 4 is 23.6 Å². The molecular formula is C30H36N6O. The van der Waals surface area contributed by atoms with Gasteiger partial charge in [-0.15, -0.1) is 0 Å². The summed E-state index contributed by atoms with van der Waals surface area (Å²) in [5.41, 5.74) is 3.34. The maximum absolute atomic E-state index is 12.1. The molecule has 4 heterocycles. The smallest absolute Gasteiger partial charge is 0.127 e. The van der Waals surface area contributed by atoms with E-state index in [0.717, 1.165) is 33.7 Å². The quantitative estimate of drug-likeness (QED) is 0.505. The number of aromatic nitrogens is 4. The Hall–Kier alpha value is -3.74. The van der Waals surface area contributed by atoms with Crippen LogP contribution in [0.3, 0.4) is 0 Å². The fourth-order valence-corrected chi connectivity index (χ4v) is 5.62. The zero-order valence-electron chi connectivity index (χ0n) is 23.0. The molecular weight excluding hydrogens is 460 g/mol. The molecule has 5 rings (SSSR count). The third-order valence-electron chi connectivity index (χ3n) is 7.92. The highest BCUT2D eigenvalue weighted by molar-refractivity contribution is 6.12. The van der Waals surface area contributed by atoms with Crippen molar-refractivity contribution in [2.75, 3.05) is 0 Å². The van der Waals surface area contributed by atoms with Crippen LogP contribution in [0.4, 0.5) is 0 Å². The van der Waals surface area contributed by atoms with Crippen LogP contribution >= 0.6 is 0 Å². The molecule has 0 radical (unpaired) electrons. The van der Waals surface area contributed by atoms with E-state index in [-0.39, 0.29) is 16.6 Å². The molecule has 0 bridgehead atoms. The third-order valence-corrected chi connectivity index (χ3v) is 7.92. The van der Waals surface area contributed by atoms with E-state index in [2.05, 4.69) is 63.9 Å². The SMILES string of the molecule is Cn1nccc1C1=CC(c2cccc(C3(C(C)(C)C)C=C(c4ccnn4C)C=N3)c2O)(C(C)(C)C)N=C1. The first-order valence-electron chi connectivity index (χ1n) is 12.7. The Morgan fingerprint density at radius 3 is 1.41 bits per heavy atom. The van der Waals surface area contributed by atoms with E-state index >= 15 is 0 Å². The lowest BCUT2D eigenvalue weighted by molar-refractivity contribution is 0.231. The van der Waals surface area contributed by atoms with Crippen LogP contribution in [-0.4, -0.2) is 37.1 Å². The molecule has 2 aliphatic rings. The summed E-state index contributed by atoms with van der Waals surface area (Å²) in [7, 11) is 3.85. The van der Waals surface area contributed by atoms with Crippen LogP contribution in [0.25, 0.3) is 11.1 Å². The number of hydrogen-bond acceptors (Lipinski definition) is 5. The molecule has 192 valence electrons. The number of allylic oxidation sites excluding steroid dienone is 2. The normalized spacial score (nSPS) is 23.6. The van der Waals surface area contributed by atoms with Crippen LogP contribution in [0.2, 0.25) is 0 Å². The highest BCUT2D eigenvalue weighted by atomic mass is 16.3. The van der Waals surface area contributed by atoms with E-state index < -0.39 is 11.1 Å². The van der Waals surface area contributed by atoms with Gasteiger partial charge in [-0.3, -0.25) is 19.3 Å². The van der Waals surface area contributed by atoms with Gasteiger partial charge in [0, 0.05) is 61.2 Å². The van der Waals surface area contributed by atoms with Crippen molar-refractivity contribution in [3.05, 3.63) is 77.4 Å². The van der Waals surface area contributed by atoms with Crippen molar-refractivity contribution in [2.45, 2.75) is 52.6 Å². The molecule has 1 N–H and O–H groups in total. The Kier molecular flexibility index (Phi) is 5.48. The summed E-state index contributed by atoms with van der Waals surface area (Å²) >= 11 is 0. The Labute approximate surface area is 219 Å². The van der Waals surface area contributed by atoms with E-state index in [1.54, 1.807) is 12.4 Å². The lowest BCUT2D eigenvalue weighted by Gasteiger charge is -2.42. The van der Waals surface area contributed by atoms with Crippen molar-refractivity contribution in [3.63, 3.8) is 0 Å². The summed E-state index contributed by atoms with van der Waals surface area (Å²) in [6, 6.07) is 9.97. The van der Waals surface area contributed by atoms with Gasteiger partial charge in [0.15, 0.2) is 0 Å². The molecule has 1 aromatic carbocycles. The van der Waals surface area contributed by atoms with E-state index in [4.69, 9.17) is 9.98 Å².